The lowest BCUT2D eigenvalue weighted by molar-refractivity contribution is -0.141. The van der Waals surface area contributed by atoms with E-state index < -0.39 is 74.8 Å². The summed E-state index contributed by atoms with van der Waals surface area (Å²) in [5.41, 5.74) is 0.771. The molecular weight excluding hydrogens is 777 g/mol. The predicted molar refractivity (Wildman–Crippen MR) is 217 cm³/mol. The molecule has 322 valence electrons. The van der Waals surface area contributed by atoms with Crippen LogP contribution in [0.1, 0.15) is 120 Å². The lowest BCUT2D eigenvalue weighted by atomic mass is 9.92. The minimum Gasteiger partial charge on any atom is -0.446 e. The number of rotatable bonds is 8. The number of nitrogens with zero attached hydrogens (tertiary/aromatic N) is 3. The summed E-state index contributed by atoms with van der Waals surface area (Å²) in [5, 5.41) is 5.06. The number of fused-ring (bicyclic) bond motifs is 3. The fourth-order valence-electron chi connectivity index (χ4n) is 9.85. The molecule has 59 heavy (non-hydrogen) atoms. The number of nitrogens with one attached hydrogen (secondary N) is 3. The van der Waals surface area contributed by atoms with Gasteiger partial charge in [-0.2, -0.15) is 0 Å². The van der Waals surface area contributed by atoms with E-state index in [9.17, 15) is 32.4 Å². The molecule has 6 atom stereocenters. The van der Waals surface area contributed by atoms with Crippen LogP contribution < -0.4 is 15.4 Å². The Morgan fingerprint density at radius 3 is 2.39 bits per heavy atom. The summed E-state index contributed by atoms with van der Waals surface area (Å²) in [6, 6.07) is 5.79. The van der Waals surface area contributed by atoms with E-state index in [0.29, 0.717) is 51.6 Å². The smallest absolute Gasteiger partial charge is 0.410 e. The highest BCUT2D eigenvalue weighted by atomic mass is 32.2. The summed E-state index contributed by atoms with van der Waals surface area (Å²) in [7, 11) is -3.91. The monoisotopic (exact) mass is 836 g/mol. The maximum Gasteiger partial charge on any atom is 0.410 e. The molecule has 0 bridgehead atoms. The number of piperidine rings is 1. The molecule has 2 saturated heterocycles. The first-order valence-corrected chi connectivity index (χ1v) is 23.6. The largest absolute Gasteiger partial charge is 0.446 e. The number of carbonyl (C=O) groups is 5. The molecule has 1 aromatic carbocycles. The third kappa shape index (κ3) is 9.58. The SMILES string of the molecule is O=C(N[C@H]1CCCCCC=C[C@@H]2C[C@@]2(C(=O)NS(=O)(=O)C2CC2)NC(=O)C2C[C@@H](OC(=O)N3CCc4ccccc4C3CN3CCCCC3)CN2C1=O)OC1CCCC1. The third-order valence-corrected chi connectivity index (χ3v) is 15.3. The van der Waals surface area contributed by atoms with Gasteiger partial charge in [0.1, 0.15) is 29.8 Å². The van der Waals surface area contributed by atoms with Gasteiger partial charge in [-0.25, -0.2) is 18.0 Å². The molecule has 1 aromatic rings. The van der Waals surface area contributed by atoms with E-state index in [0.717, 1.165) is 70.0 Å². The van der Waals surface area contributed by atoms with Gasteiger partial charge in [0.05, 0.1) is 17.8 Å². The zero-order valence-corrected chi connectivity index (χ0v) is 34.8. The molecule has 0 aromatic heterocycles. The first-order chi connectivity index (χ1) is 28.5. The highest BCUT2D eigenvalue weighted by Gasteiger charge is 2.62. The number of ether oxygens (including phenoxy) is 2. The molecular formula is C43H60N6O9S. The van der Waals surface area contributed by atoms with Crippen LogP contribution in [0.5, 0.6) is 0 Å². The van der Waals surface area contributed by atoms with Gasteiger partial charge in [0.25, 0.3) is 5.91 Å². The second-order valence-corrected chi connectivity index (χ2v) is 19.7. The zero-order chi connectivity index (χ0) is 41.1. The van der Waals surface area contributed by atoms with Crippen molar-refractivity contribution in [3.63, 3.8) is 0 Å². The molecule has 16 heteroatoms. The van der Waals surface area contributed by atoms with Gasteiger partial charge in [0.2, 0.25) is 21.8 Å². The van der Waals surface area contributed by atoms with Gasteiger partial charge in [-0.3, -0.25) is 24.0 Å². The zero-order valence-electron chi connectivity index (χ0n) is 34.0. The third-order valence-electron chi connectivity index (χ3n) is 13.5. The number of hydrogen-bond donors (Lipinski definition) is 3. The number of allylic oxidation sites excluding steroid dienone is 1. The Morgan fingerprint density at radius 1 is 0.864 bits per heavy atom. The number of amides is 5. The molecule has 5 amide bonds. The van der Waals surface area contributed by atoms with Crippen molar-refractivity contribution >= 4 is 39.9 Å². The van der Waals surface area contributed by atoms with Crippen molar-refractivity contribution in [2.75, 3.05) is 32.7 Å². The molecule has 0 radical (unpaired) electrons. The van der Waals surface area contributed by atoms with Crippen molar-refractivity contribution in [3.05, 3.63) is 47.5 Å². The van der Waals surface area contributed by atoms with Crippen molar-refractivity contribution in [2.24, 2.45) is 5.92 Å². The molecule has 7 aliphatic rings. The Kier molecular flexibility index (Phi) is 12.5. The van der Waals surface area contributed by atoms with Gasteiger partial charge in [-0.05, 0) is 108 Å². The average molecular weight is 837 g/mol. The van der Waals surface area contributed by atoms with Crippen LogP contribution in [0.15, 0.2) is 36.4 Å². The van der Waals surface area contributed by atoms with Crippen LogP contribution in [0, 0.1) is 5.92 Å². The Morgan fingerprint density at radius 2 is 1.61 bits per heavy atom. The fourth-order valence-corrected chi connectivity index (χ4v) is 11.2. The molecule has 8 rings (SSSR count). The number of benzene rings is 1. The Hall–Kier alpha value is -4.18. The topological polar surface area (TPSA) is 184 Å². The quantitative estimate of drug-likeness (QED) is 0.321. The van der Waals surface area contributed by atoms with Gasteiger partial charge in [-0.1, -0.05) is 55.7 Å². The Balaban J connectivity index is 1.04. The Bertz CT molecular complexity index is 1890. The van der Waals surface area contributed by atoms with Crippen LogP contribution in [-0.4, -0.2) is 121 Å². The second-order valence-electron chi connectivity index (χ2n) is 17.8. The molecule has 5 fully saturated rings. The van der Waals surface area contributed by atoms with E-state index in [1.54, 1.807) is 4.90 Å². The predicted octanol–water partition coefficient (Wildman–Crippen LogP) is 4.22. The normalized spacial score (nSPS) is 30.8. The van der Waals surface area contributed by atoms with Crippen LogP contribution in [-0.2, 0) is 40.3 Å². The van der Waals surface area contributed by atoms with E-state index in [1.165, 1.54) is 16.9 Å². The maximum atomic E-state index is 14.7. The Labute approximate surface area is 347 Å². The summed E-state index contributed by atoms with van der Waals surface area (Å²) in [6.07, 6.45) is 13.4. The lowest BCUT2D eigenvalue weighted by Crippen LogP contribution is -2.58. The first kappa shape index (κ1) is 41.5. The summed E-state index contributed by atoms with van der Waals surface area (Å²) in [4.78, 5) is 76.0. The molecule has 2 unspecified atom stereocenters. The summed E-state index contributed by atoms with van der Waals surface area (Å²) in [5.74, 6) is -2.39. The minimum atomic E-state index is -3.91. The van der Waals surface area contributed by atoms with Crippen molar-refractivity contribution in [2.45, 2.75) is 150 Å². The van der Waals surface area contributed by atoms with Crippen molar-refractivity contribution < 1.29 is 41.9 Å². The molecule has 3 saturated carbocycles. The number of hydrogen-bond acceptors (Lipinski definition) is 10. The average Bonchev–Trinajstić information content (AvgIpc) is 4.10. The van der Waals surface area contributed by atoms with E-state index >= 15 is 0 Å². The highest BCUT2D eigenvalue weighted by molar-refractivity contribution is 7.91. The maximum absolute atomic E-state index is 14.7. The number of sulfonamides is 1. The molecule has 0 spiro atoms. The molecule has 4 heterocycles. The number of carbonyl (C=O) groups excluding carboxylic acids is 5. The van der Waals surface area contributed by atoms with Gasteiger partial charge in [0, 0.05) is 25.4 Å². The highest BCUT2D eigenvalue weighted by Crippen LogP contribution is 2.46. The molecule has 3 aliphatic carbocycles. The van der Waals surface area contributed by atoms with Crippen LogP contribution in [0.4, 0.5) is 9.59 Å². The van der Waals surface area contributed by atoms with E-state index in [4.69, 9.17) is 9.47 Å². The van der Waals surface area contributed by atoms with Crippen LogP contribution in [0.3, 0.4) is 0 Å². The van der Waals surface area contributed by atoms with Crippen LogP contribution in [0.25, 0.3) is 0 Å². The number of likely N-dealkylation sites (tertiary alicyclic amines) is 1. The standard InChI is InChI=1S/C43H60N6O9S/c50-38-36-25-32(58-42(54)48-24-21-29-13-7-10-17-34(29)37(48)28-47-22-11-4-12-23-47)27-49(36)39(51)35(44-41(53)57-31-15-8-9-16-31)18-6-3-1-2-5-14-30-26-43(30,45-38)40(52)46-59(55,56)33-19-20-33/h5,7,10,13-14,17,30-33,35-37H,1-4,6,8-9,11-12,15-16,18-28H2,(H,44,53)(H,45,50)(H,46,52)/t30-,32-,35+,36?,37?,43-/m1/s1. The lowest BCUT2D eigenvalue weighted by Gasteiger charge is -2.40. The van der Waals surface area contributed by atoms with Crippen LogP contribution in [0.2, 0.25) is 0 Å². The summed E-state index contributed by atoms with van der Waals surface area (Å²) < 4.78 is 40.0. The van der Waals surface area contributed by atoms with Gasteiger partial charge in [-0.15, -0.1) is 0 Å². The van der Waals surface area contributed by atoms with Crippen molar-refractivity contribution in [3.8, 4) is 0 Å². The van der Waals surface area contributed by atoms with Gasteiger partial charge >= 0.3 is 12.2 Å². The summed E-state index contributed by atoms with van der Waals surface area (Å²) in [6.45, 7) is 2.96. The van der Waals surface area contributed by atoms with Crippen LogP contribution >= 0.6 is 0 Å². The van der Waals surface area contributed by atoms with Crippen molar-refractivity contribution in [1.29, 1.82) is 0 Å². The van der Waals surface area contributed by atoms with E-state index in [2.05, 4.69) is 32.4 Å². The van der Waals surface area contributed by atoms with E-state index in [-0.39, 0.29) is 31.5 Å². The molecule has 4 aliphatic heterocycles. The molecule has 3 N–H and O–H groups in total. The number of alkyl carbamates (subject to hydrolysis) is 1. The van der Waals surface area contributed by atoms with Gasteiger partial charge in [0.15, 0.2) is 0 Å². The van der Waals surface area contributed by atoms with Gasteiger partial charge < -0.3 is 29.9 Å². The van der Waals surface area contributed by atoms with E-state index in [1.807, 2.05) is 24.3 Å². The first-order valence-electron chi connectivity index (χ1n) is 22.1. The van der Waals surface area contributed by atoms with Crippen molar-refractivity contribution in [1.82, 2.24) is 30.1 Å². The molecule has 15 nitrogen and oxygen atoms in total. The minimum absolute atomic E-state index is 0.0393. The summed E-state index contributed by atoms with van der Waals surface area (Å²) >= 11 is 0. The fraction of sp³-hybridized carbons (Fsp3) is 0.698. The second kappa shape index (κ2) is 17.8.